The van der Waals surface area contributed by atoms with E-state index in [9.17, 15) is 4.79 Å². The van der Waals surface area contributed by atoms with Crippen LogP contribution in [-0.2, 0) is 4.79 Å². The van der Waals surface area contributed by atoms with E-state index in [4.69, 9.17) is 9.47 Å². The molecule has 1 fully saturated rings. The largest absolute Gasteiger partial charge is 0.493 e. The molecule has 3 rings (SSSR count). The number of hydrogen-bond acceptors (Lipinski definition) is 4. The van der Waals surface area contributed by atoms with Crippen LogP contribution in [0, 0.1) is 5.92 Å². The molecule has 1 aromatic carbocycles. The van der Waals surface area contributed by atoms with Crippen LogP contribution in [-0.4, -0.2) is 30.3 Å². The van der Waals surface area contributed by atoms with Gasteiger partial charge in [0.1, 0.15) is 5.69 Å². The molecule has 0 aliphatic heterocycles. The Balaban J connectivity index is 1.97. The Hall–Kier alpha value is -2.50. The molecule has 0 radical (unpaired) electrons. The summed E-state index contributed by atoms with van der Waals surface area (Å²) in [6.45, 7) is 4.07. The van der Waals surface area contributed by atoms with Crippen LogP contribution in [0.1, 0.15) is 44.7 Å². The standard InChI is InChI=1S/C19H25N3O3/c1-11(2)9-16(23)20-19-17(12-5-6-12)21-22-18(19)13-7-8-14(24-3)15(10-13)25-4/h7-8,10-12H,5-6,9H2,1-4H3,(H,20,23)(H,21,22). The van der Waals surface area contributed by atoms with E-state index in [0.29, 0.717) is 29.8 Å². The molecule has 25 heavy (non-hydrogen) atoms. The van der Waals surface area contributed by atoms with Gasteiger partial charge in [0.25, 0.3) is 0 Å². The fourth-order valence-electron chi connectivity index (χ4n) is 2.90. The molecule has 0 saturated heterocycles. The zero-order valence-electron chi connectivity index (χ0n) is 15.2. The maximum absolute atomic E-state index is 12.3. The number of amides is 1. The Morgan fingerprint density at radius 1 is 1.28 bits per heavy atom. The number of nitrogens with one attached hydrogen (secondary N) is 2. The first kappa shape index (κ1) is 17.3. The number of benzene rings is 1. The normalized spacial score (nSPS) is 13.8. The topological polar surface area (TPSA) is 76.2 Å². The highest BCUT2D eigenvalue weighted by Crippen LogP contribution is 2.45. The molecule has 134 valence electrons. The van der Waals surface area contributed by atoms with Crippen LogP contribution in [0.2, 0.25) is 0 Å². The van der Waals surface area contributed by atoms with Gasteiger partial charge in [-0.2, -0.15) is 5.10 Å². The van der Waals surface area contributed by atoms with E-state index in [1.165, 1.54) is 0 Å². The summed E-state index contributed by atoms with van der Waals surface area (Å²) in [5, 5.41) is 10.7. The molecule has 1 heterocycles. The number of rotatable bonds is 7. The highest BCUT2D eigenvalue weighted by atomic mass is 16.5. The number of carbonyl (C=O) groups is 1. The summed E-state index contributed by atoms with van der Waals surface area (Å²) in [6, 6.07) is 5.65. The van der Waals surface area contributed by atoms with Crippen molar-refractivity contribution in [2.24, 2.45) is 5.92 Å². The van der Waals surface area contributed by atoms with Gasteiger partial charge < -0.3 is 14.8 Å². The van der Waals surface area contributed by atoms with E-state index >= 15 is 0 Å². The molecule has 2 N–H and O–H groups in total. The van der Waals surface area contributed by atoms with Gasteiger partial charge in [0.05, 0.1) is 25.6 Å². The zero-order valence-corrected chi connectivity index (χ0v) is 15.2. The van der Waals surface area contributed by atoms with Crippen molar-refractivity contribution >= 4 is 11.6 Å². The highest BCUT2D eigenvalue weighted by molar-refractivity contribution is 5.96. The van der Waals surface area contributed by atoms with E-state index in [-0.39, 0.29) is 5.91 Å². The number of ether oxygens (including phenoxy) is 2. The highest BCUT2D eigenvalue weighted by Gasteiger charge is 2.31. The first-order valence-corrected chi connectivity index (χ1v) is 8.64. The second kappa shape index (κ2) is 7.17. The van der Waals surface area contributed by atoms with Crippen LogP contribution >= 0.6 is 0 Å². The Morgan fingerprint density at radius 3 is 2.60 bits per heavy atom. The molecule has 1 aromatic heterocycles. The van der Waals surface area contributed by atoms with Gasteiger partial charge in [-0.1, -0.05) is 13.8 Å². The van der Waals surface area contributed by atoms with E-state index in [1.807, 2.05) is 32.0 Å². The minimum Gasteiger partial charge on any atom is -0.493 e. The number of methoxy groups -OCH3 is 2. The van der Waals surface area contributed by atoms with Crippen molar-refractivity contribution in [2.75, 3.05) is 19.5 Å². The number of carbonyl (C=O) groups excluding carboxylic acids is 1. The predicted octanol–water partition coefficient (Wildman–Crippen LogP) is 3.96. The van der Waals surface area contributed by atoms with Crippen molar-refractivity contribution in [1.82, 2.24) is 10.2 Å². The number of H-pyrrole nitrogens is 1. The molecule has 0 bridgehead atoms. The quantitative estimate of drug-likeness (QED) is 0.798. The minimum absolute atomic E-state index is 0.0139. The van der Waals surface area contributed by atoms with Gasteiger partial charge in [-0.3, -0.25) is 9.89 Å². The summed E-state index contributed by atoms with van der Waals surface area (Å²) >= 11 is 0. The second-order valence-electron chi connectivity index (χ2n) is 6.85. The monoisotopic (exact) mass is 343 g/mol. The van der Waals surface area contributed by atoms with Crippen LogP contribution in [0.3, 0.4) is 0 Å². The van der Waals surface area contributed by atoms with Crippen molar-refractivity contribution in [3.05, 3.63) is 23.9 Å². The lowest BCUT2D eigenvalue weighted by Gasteiger charge is -2.11. The molecule has 1 aliphatic carbocycles. The molecule has 6 nitrogen and oxygen atoms in total. The lowest BCUT2D eigenvalue weighted by Crippen LogP contribution is -2.15. The third-order valence-corrected chi connectivity index (χ3v) is 4.29. The summed E-state index contributed by atoms with van der Waals surface area (Å²) in [7, 11) is 3.21. The van der Waals surface area contributed by atoms with Crippen molar-refractivity contribution < 1.29 is 14.3 Å². The Labute approximate surface area is 147 Å². The second-order valence-corrected chi connectivity index (χ2v) is 6.85. The van der Waals surface area contributed by atoms with E-state index < -0.39 is 0 Å². The van der Waals surface area contributed by atoms with Gasteiger partial charge in [0.2, 0.25) is 5.91 Å². The first-order chi connectivity index (χ1) is 12.0. The fraction of sp³-hybridized carbons (Fsp3) is 0.474. The zero-order chi connectivity index (χ0) is 18.0. The van der Waals surface area contributed by atoms with Gasteiger partial charge in [-0.25, -0.2) is 0 Å². The first-order valence-electron chi connectivity index (χ1n) is 8.64. The molecule has 6 heteroatoms. The summed E-state index contributed by atoms with van der Waals surface area (Å²) in [6.07, 6.45) is 2.74. The van der Waals surface area contributed by atoms with Crippen molar-refractivity contribution in [2.45, 2.75) is 39.0 Å². The molecule has 1 saturated carbocycles. The molecule has 1 amide bonds. The van der Waals surface area contributed by atoms with Crippen LogP contribution < -0.4 is 14.8 Å². The van der Waals surface area contributed by atoms with E-state index in [2.05, 4.69) is 15.5 Å². The molecule has 0 atom stereocenters. The molecule has 1 aliphatic rings. The molecular formula is C19H25N3O3. The summed E-state index contributed by atoms with van der Waals surface area (Å²) < 4.78 is 10.7. The molecule has 0 spiro atoms. The number of nitrogens with zero attached hydrogens (tertiary/aromatic N) is 1. The Kier molecular flexibility index (Phi) is 4.97. The third kappa shape index (κ3) is 3.78. The number of aromatic amines is 1. The van der Waals surface area contributed by atoms with Gasteiger partial charge in [0.15, 0.2) is 11.5 Å². The van der Waals surface area contributed by atoms with Crippen molar-refractivity contribution in [3.8, 4) is 22.8 Å². The van der Waals surface area contributed by atoms with E-state index in [1.54, 1.807) is 14.2 Å². The smallest absolute Gasteiger partial charge is 0.224 e. The SMILES string of the molecule is COc1ccc(-c2n[nH]c(C3CC3)c2NC(=O)CC(C)C)cc1OC. The number of hydrogen-bond donors (Lipinski definition) is 2. The Bertz CT molecular complexity index is 763. The average molecular weight is 343 g/mol. The number of aromatic nitrogens is 2. The molecular weight excluding hydrogens is 318 g/mol. The van der Waals surface area contributed by atoms with Gasteiger partial charge >= 0.3 is 0 Å². The number of anilines is 1. The average Bonchev–Trinajstić information content (AvgIpc) is 3.34. The van der Waals surface area contributed by atoms with Gasteiger partial charge in [-0.05, 0) is 37.0 Å². The summed E-state index contributed by atoms with van der Waals surface area (Å²) in [5.41, 5.74) is 3.42. The third-order valence-electron chi connectivity index (χ3n) is 4.29. The van der Waals surface area contributed by atoms with Crippen LogP contribution in [0.25, 0.3) is 11.3 Å². The van der Waals surface area contributed by atoms with Gasteiger partial charge in [-0.15, -0.1) is 0 Å². The van der Waals surface area contributed by atoms with Crippen molar-refractivity contribution in [1.29, 1.82) is 0 Å². The summed E-state index contributed by atoms with van der Waals surface area (Å²) in [5.74, 6) is 2.07. The van der Waals surface area contributed by atoms with Crippen LogP contribution in [0.4, 0.5) is 5.69 Å². The maximum Gasteiger partial charge on any atom is 0.224 e. The summed E-state index contributed by atoms with van der Waals surface area (Å²) in [4.78, 5) is 12.3. The lowest BCUT2D eigenvalue weighted by molar-refractivity contribution is -0.116. The predicted molar refractivity (Wildman–Crippen MR) is 97.2 cm³/mol. The molecule has 0 unspecified atom stereocenters. The fourth-order valence-corrected chi connectivity index (χ4v) is 2.90. The lowest BCUT2D eigenvalue weighted by atomic mass is 10.1. The maximum atomic E-state index is 12.3. The van der Waals surface area contributed by atoms with Crippen LogP contribution in [0.15, 0.2) is 18.2 Å². The van der Waals surface area contributed by atoms with Crippen LogP contribution in [0.5, 0.6) is 11.5 Å². The molecule has 2 aromatic rings. The minimum atomic E-state index is 0.0139. The van der Waals surface area contributed by atoms with Gasteiger partial charge in [0, 0.05) is 17.9 Å². The Morgan fingerprint density at radius 2 is 2.00 bits per heavy atom. The van der Waals surface area contributed by atoms with E-state index in [0.717, 1.165) is 35.5 Å². The van der Waals surface area contributed by atoms with Crippen molar-refractivity contribution in [3.63, 3.8) is 0 Å².